The van der Waals surface area contributed by atoms with Crippen molar-refractivity contribution in [1.29, 1.82) is 0 Å². The molecule has 6 aliphatic rings. The number of hydrogen-bond acceptors (Lipinski definition) is 6. The predicted molar refractivity (Wildman–Crippen MR) is 119 cm³/mol. The van der Waals surface area contributed by atoms with Crippen molar-refractivity contribution < 1.29 is 0 Å². The number of thioether (sulfide) groups is 1. The molecule has 2 saturated heterocycles. The molecule has 0 aromatic carbocycles. The third-order valence-corrected chi connectivity index (χ3v) is 10.7. The SMILES string of the molecule is C1CCC(CSC2NNC3NC4C5CCCCC5C5CCCCC5C4NN32)CC1. The van der Waals surface area contributed by atoms with Crippen molar-refractivity contribution in [3.05, 3.63) is 0 Å². The first-order chi connectivity index (χ1) is 14.4. The van der Waals surface area contributed by atoms with Gasteiger partial charge in [-0.05, 0) is 73.9 Å². The first-order valence-electron chi connectivity index (χ1n) is 12.8. The smallest absolute Gasteiger partial charge is 0.142 e. The molecule has 6 heteroatoms. The summed E-state index contributed by atoms with van der Waals surface area (Å²) in [6.07, 6.45) is 19.2. The second kappa shape index (κ2) is 8.59. The highest BCUT2D eigenvalue weighted by atomic mass is 32.2. The van der Waals surface area contributed by atoms with Crippen LogP contribution in [0.3, 0.4) is 0 Å². The van der Waals surface area contributed by atoms with Crippen LogP contribution in [0.25, 0.3) is 0 Å². The predicted octanol–water partition coefficient (Wildman–Crippen LogP) is 3.75. The van der Waals surface area contributed by atoms with Crippen molar-refractivity contribution >= 4 is 11.8 Å². The third kappa shape index (κ3) is 3.70. The van der Waals surface area contributed by atoms with E-state index in [1.54, 1.807) is 0 Å². The Morgan fingerprint density at radius 1 is 0.655 bits per heavy atom. The molecule has 0 spiro atoms. The Morgan fingerprint density at radius 2 is 1.28 bits per heavy atom. The van der Waals surface area contributed by atoms with Gasteiger partial charge in [0.25, 0.3) is 0 Å². The van der Waals surface area contributed by atoms with Crippen LogP contribution in [0.15, 0.2) is 0 Å². The van der Waals surface area contributed by atoms with E-state index in [0.717, 1.165) is 29.6 Å². The quantitative estimate of drug-likeness (QED) is 0.559. The van der Waals surface area contributed by atoms with Crippen molar-refractivity contribution in [2.24, 2.45) is 29.6 Å². The van der Waals surface area contributed by atoms with Gasteiger partial charge < -0.3 is 0 Å². The first-order valence-corrected chi connectivity index (χ1v) is 13.9. The summed E-state index contributed by atoms with van der Waals surface area (Å²) in [5, 5.41) is 6.60. The topological polar surface area (TPSA) is 51.4 Å². The van der Waals surface area contributed by atoms with E-state index in [1.165, 1.54) is 89.2 Å². The number of nitrogens with one attached hydrogen (secondary N) is 4. The lowest BCUT2D eigenvalue weighted by Gasteiger charge is -2.59. The lowest BCUT2D eigenvalue weighted by molar-refractivity contribution is -0.0927. The van der Waals surface area contributed by atoms with E-state index in [2.05, 4.69) is 38.4 Å². The molecule has 0 bridgehead atoms. The fourth-order valence-corrected chi connectivity index (χ4v) is 9.30. The molecule has 6 fully saturated rings. The number of hydrazine groups is 2. The van der Waals surface area contributed by atoms with Gasteiger partial charge in [-0.15, -0.1) is 11.8 Å². The molecule has 4 N–H and O–H groups in total. The van der Waals surface area contributed by atoms with Crippen LogP contribution in [-0.2, 0) is 0 Å². The Morgan fingerprint density at radius 3 is 2.00 bits per heavy atom. The lowest BCUT2D eigenvalue weighted by atomic mass is 9.54. The Bertz CT molecular complexity index is 563. The minimum Gasteiger partial charge on any atom is -0.283 e. The molecular formula is C23H41N5S. The van der Waals surface area contributed by atoms with E-state index >= 15 is 0 Å². The monoisotopic (exact) mass is 419 g/mol. The molecule has 0 aromatic heterocycles. The maximum atomic E-state index is 4.11. The molecule has 6 rings (SSSR count). The van der Waals surface area contributed by atoms with Gasteiger partial charge in [-0.1, -0.05) is 44.9 Å². The lowest BCUT2D eigenvalue weighted by Crippen LogP contribution is -2.76. The molecule has 4 saturated carbocycles. The largest absolute Gasteiger partial charge is 0.283 e. The number of fused-ring (bicyclic) bond motifs is 7. The van der Waals surface area contributed by atoms with Gasteiger partial charge in [0.05, 0.1) is 0 Å². The van der Waals surface area contributed by atoms with Crippen LogP contribution in [0.1, 0.15) is 83.5 Å². The third-order valence-electron chi connectivity index (χ3n) is 9.35. The van der Waals surface area contributed by atoms with Gasteiger partial charge in [0.1, 0.15) is 11.8 Å². The molecule has 4 aliphatic carbocycles. The number of rotatable bonds is 3. The molecule has 8 atom stereocenters. The molecule has 8 unspecified atom stereocenters. The summed E-state index contributed by atoms with van der Waals surface area (Å²) in [5.74, 6) is 5.97. The van der Waals surface area contributed by atoms with E-state index in [4.69, 9.17) is 0 Å². The number of nitrogens with zero attached hydrogens (tertiary/aromatic N) is 1. The average molecular weight is 420 g/mol. The van der Waals surface area contributed by atoms with Crippen LogP contribution in [0, 0.1) is 29.6 Å². The van der Waals surface area contributed by atoms with Crippen molar-refractivity contribution in [1.82, 2.24) is 26.6 Å². The standard InChI is InChI=1S/C23H41N5S/c1-2-8-15(9-3-1)14-29-23-26-25-22-24-20-18-12-6-4-10-16(18)17-11-5-7-13-19(17)21(20)27-28(22)23/h15-27H,1-14H2. The van der Waals surface area contributed by atoms with Gasteiger partial charge in [-0.3, -0.25) is 5.32 Å². The van der Waals surface area contributed by atoms with Crippen LogP contribution in [-0.4, -0.2) is 34.6 Å². The molecule has 0 amide bonds. The second-order valence-corrected chi connectivity index (χ2v) is 12.0. The maximum absolute atomic E-state index is 4.11. The summed E-state index contributed by atoms with van der Waals surface area (Å²) < 4.78 is 0. The van der Waals surface area contributed by atoms with Gasteiger partial charge in [0.2, 0.25) is 0 Å². The Kier molecular flexibility index (Phi) is 5.87. The summed E-state index contributed by atoms with van der Waals surface area (Å²) in [4.78, 5) is 0. The zero-order valence-corrected chi connectivity index (χ0v) is 18.8. The second-order valence-electron chi connectivity index (χ2n) is 10.9. The normalized spacial score (nSPS) is 48.4. The summed E-state index contributed by atoms with van der Waals surface area (Å²) in [5.41, 5.74) is 11.6. The van der Waals surface area contributed by atoms with E-state index in [0.29, 0.717) is 17.6 Å². The van der Waals surface area contributed by atoms with Crippen molar-refractivity contribution in [2.75, 3.05) is 5.75 Å². The zero-order chi connectivity index (χ0) is 19.2. The average Bonchev–Trinajstić information content (AvgIpc) is 3.19. The summed E-state index contributed by atoms with van der Waals surface area (Å²) in [7, 11) is 0. The molecule has 2 heterocycles. The molecule has 164 valence electrons. The molecule has 5 nitrogen and oxygen atoms in total. The highest BCUT2D eigenvalue weighted by molar-refractivity contribution is 7.99. The minimum absolute atomic E-state index is 0.239. The van der Waals surface area contributed by atoms with Crippen molar-refractivity contribution in [2.45, 2.75) is 107 Å². The van der Waals surface area contributed by atoms with Gasteiger partial charge in [0.15, 0.2) is 0 Å². The van der Waals surface area contributed by atoms with Crippen LogP contribution in [0.5, 0.6) is 0 Å². The van der Waals surface area contributed by atoms with Crippen LogP contribution >= 0.6 is 11.8 Å². The van der Waals surface area contributed by atoms with Crippen molar-refractivity contribution in [3.63, 3.8) is 0 Å². The van der Waals surface area contributed by atoms with E-state index in [-0.39, 0.29) is 6.29 Å². The molecule has 0 radical (unpaired) electrons. The van der Waals surface area contributed by atoms with Crippen LogP contribution < -0.4 is 21.6 Å². The highest BCUT2D eigenvalue weighted by Crippen LogP contribution is 2.52. The Balaban J connectivity index is 1.16. The summed E-state index contributed by atoms with van der Waals surface area (Å²) >= 11 is 2.12. The fourth-order valence-electron chi connectivity index (χ4n) is 8.01. The zero-order valence-electron chi connectivity index (χ0n) is 18.0. The maximum Gasteiger partial charge on any atom is 0.142 e. The van der Waals surface area contributed by atoms with Gasteiger partial charge >= 0.3 is 0 Å². The molecule has 29 heavy (non-hydrogen) atoms. The van der Waals surface area contributed by atoms with Crippen molar-refractivity contribution in [3.8, 4) is 0 Å². The van der Waals surface area contributed by atoms with Crippen LogP contribution in [0.2, 0.25) is 0 Å². The molecular weight excluding hydrogens is 378 g/mol. The molecule has 0 aromatic rings. The Hall–Kier alpha value is 0.150. The van der Waals surface area contributed by atoms with Gasteiger partial charge in [0, 0.05) is 12.1 Å². The van der Waals surface area contributed by atoms with Gasteiger partial charge in [-0.2, -0.15) is 5.01 Å². The van der Waals surface area contributed by atoms with Gasteiger partial charge in [-0.25, -0.2) is 16.3 Å². The fraction of sp³-hybridized carbons (Fsp3) is 1.00. The van der Waals surface area contributed by atoms with E-state index < -0.39 is 0 Å². The van der Waals surface area contributed by atoms with Crippen LogP contribution in [0.4, 0.5) is 0 Å². The van der Waals surface area contributed by atoms with E-state index in [1.807, 2.05) is 0 Å². The van der Waals surface area contributed by atoms with E-state index in [9.17, 15) is 0 Å². The summed E-state index contributed by atoms with van der Waals surface area (Å²) in [6.45, 7) is 0. The Labute approximate surface area is 181 Å². The highest BCUT2D eigenvalue weighted by Gasteiger charge is 2.55. The summed E-state index contributed by atoms with van der Waals surface area (Å²) in [6, 6.07) is 1.28. The minimum atomic E-state index is 0.239. The number of hydrogen-bond donors (Lipinski definition) is 4. The first kappa shape index (κ1) is 19.8. The molecule has 2 aliphatic heterocycles.